The maximum Gasteiger partial charge on any atom is 0.325 e. The molecule has 1 amide bonds. The molecule has 1 heterocycles. The van der Waals surface area contributed by atoms with Gasteiger partial charge in [-0.3, -0.25) is 9.59 Å². The predicted molar refractivity (Wildman–Crippen MR) is 117 cm³/mol. The summed E-state index contributed by atoms with van der Waals surface area (Å²) >= 11 is 4.58. The van der Waals surface area contributed by atoms with Crippen molar-refractivity contribution in [3.8, 4) is 0 Å². The number of nitrogens with zero attached hydrogens (tertiary/aromatic N) is 2. The minimum atomic E-state index is -0.374. The van der Waals surface area contributed by atoms with Gasteiger partial charge in [0, 0.05) is 10.6 Å². The van der Waals surface area contributed by atoms with E-state index in [9.17, 15) is 9.59 Å². The second-order valence-corrected chi connectivity index (χ2v) is 8.74. The number of aromatic nitrogens is 1. The molecule has 0 bridgehead atoms. The minimum Gasteiger partial charge on any atom is -0.468 e. The smallest absolute Gasteiger partial charge is 0.325 e. The summed E-state index contributed by atoms with van der Waals surface area (Å²) in [6, 6.07) is 16.0. The standard InChI is InChI=1S/C20H20N2O3S3/c1-25-19(24)11-22-16-9-8-15(26-2)10-17(16)28-20(22)21-18(23)13-27-12-14-6-4-3-5-7-14/h3-10H,11-13H2,1-2H3. The van der Waals surface area contributed by atoms with Gasteiger partial charge in [-0.05, 0) is 30.0 Å². The van der Waals surface area contributed by atoms with E-state index in [0.717, 1.165) is 20.9 Å². The number of fused-ring (bicyclic) bond motifs is 1. The zero-order valence-electron chi connectivity index (χ0n) is 15.6. The first kappa shape index (κ1) is 20.7. The molecule has 0 aliphatic heterocycles. The lowest BCUT2D eigenvalue weighted by Gasteiger charge is -2.04. The molecule has 1 aromatic heterocycles. The van der Waals surface area contributed by atoms with E-state index < -0.39 is 0 Å². The summed E-state index contributed by atoms with van der Waals surface area (Å²) in [5, 5.41) is 0. The van der Waals surface area contributed by atoms with Crippen molar-refractivity contribution >= 4 is 57.0 Å². The summed E-state index contributed by atoms with van der Waals surface area (Å²) < 4.78 is 7.53. The van der Waals surface area contributed by atoms with E-state index in [1.165, 1.54) is 35.8 Å². The molecule has 0 atom stereocenters. The quantitative estimate of drug-likeness (QED) is 0.418. The highest BCUT2D eigenvalue weighted by molar-refractivity contribution is 7.99. The largest absolute Gasteiger partial charge is 0.468 e. The summed E-state index contributed by atoms with van der Waals surface area (Å²) in [5.74, 6) is 0.461. The fraction of sp³-hybridized carbons (Fsp3) is 0.250. The van der Waals surface area contributed by atoms with E-state index in [0.29, 0.717) is 4.80 Å². The molecule has 8 heteroatoms. The number of hydrogen-bond acceptors (Lipinski definition) is 6. The number of amides is 1. The molecular formula is C20H20N2O3S3. The van der Waals surface area contributed by atoms with E-state index in [-0.39, 0.29) is 24.2 Å². The van der Waals surface area contributed by atoms with Crippen molar-refractivity contribution in [2.45, 2.75) is 17.2 Å². The number of rotatable bonds is 7. The number of thiazole rings is 1. The molecule has 0 N–H and O–H groups in total. The SMILES string of the molecule is COC(=O)Cn1c(=NC(=O)CSCc2ccccc2)sc2cc(SC)ccc21. The summed E-state index contributed by atoms with van der Waals surface area (Å²) in [4.78, 5) is 30.2. The van der Waals surface area contributed by atoms with Crippen LogP contribution in [0.5, 0.6) is 0 Å². The van der Waals surface area contributed by atoms with Gasteiger partial charge in [-0.1, -0.05) is 41.7 Å². The van der Waals surface area contributed by atoms with E-state index in [4.69, 9.17) is 4.74 Å². The number of carbonyl (C=O) groups is 2. The van der Waals surface area contributed by atoms with Crippen LogP contribution in [0.25, 0.3) is 10.2 Å². The first-order valence-corrected chi connectivity index (χ1v) is 11.7. The zero-order valence-corrected chi connectivity index (χ0v) is 18.0. The summed E-state index contributed by atoms with van der Waals surface area (Å²) in [7, 11) is 1.35. The average molecular weight is 433 g/mol. The molecule has 0 aliphatic carbocycles. The molecule has 3 aromatic rings. The Hall–Kier alpha value is -2.03. The van der Waals surface area contributed by atoms with Gasteiger partial charge in [0.25, 0.3) is 5.91 Å². The fourth-order valence-corrected chi connectivity index (χ4v) is 4.95. The van der Waals surface area contributed by atoms with E-state index >= 15 is 0 Å². The van der Waals surface area contributed by atoms with Gasteiger partial charge in [0.05, 0.1) is 23.1 Å². The molecule has 3 rings (SSSR count). The molecule has 0 radical (unpaired) electrons. The van der Waals surface area contributed by atoms with Crippen molar-refractivity contribution in [3.05, 3.63) is 58.9 Å². The lowest BCUT2D eigenvalue weighted by Crippen LogP contribution is -2.22. The van der Waals surface area contributed by atoms with Crippen LogP contribution in [0.3, 0.4) is 0 Å². The first-order chi connectivity index (χ1) is 13.6. The number of thioether (sulfide) groups is 2. The molecule has 0 saturated carbocycles. The molecular weight excluding hydrogens is 412 g/mol. The lowest BCUT2D eigenvalue weighted by molar-refractivity contribution is -0.141. The van der Waals surface area contributed by atoms with Crippen LogP contribution in [0.4, 0.5) is 0 Å². The van der Waals surface area contributed by atoms with Gasteiger partial charge in [0.15, 0.2) is 4.80 Å². The Labute approximate surface area is 175 Å². The molecule has 146 valence electrons. The van der Waals surface area contributed by atoms with Crippen LogP contribution >= 0.6 is 34.9 Å². The van der Waals surface area contributed by atoms with E-state index in [1.54, 1.807) is 16.3 Å². The monoisotopic (exact) mass is 432 g/mol. The van der Waals surface area contributed by atoms with E-state index in [2.05, 4.69) is 4.99 Å². The number of carbonyl (C=O) groups excluding carboxylic acids is 2. The lowest BCUT2D eigenvalue weighted by atomic mass is 10.2. The van der Waals surface area contributed by atoms with Gasteiger partial charge in [-0.2, -0.15) is 4.99 Å². The molecule has 5 nitrogen and oxygen atoms in total. The molecule has 28 heavy (non-hydrogen) atoms. The second kappa shape index (κ2) is 9.95. The number of methoxy groups -OCH3 is 1. The third-order valence-electron chi connectivity index (χ3n) is 3.96. The molecule has 2 aromatic carbocycles. The maximum atomic E-state index is 12.4. The number of benzene rings is 2. The Balaban J connectivity index is 1.83. The third kappa shape index (κ3) is 5.27. The van der Waals surface area contributed by atoms with Crippen LogP contribution < -0.4 is 4.80 Å². The Morgan fingerprint density at radius 3 is 2.68 bits per heavy atom. The van der Waals surface area contributed by atoms with Crippen molar-refractivity contribution in [3.63, 3.8) is 0 Å². The minimum absolute atomic E-state index is 0.0262. The average Bonchev–Trinajstić information content (AvgIpc) is 3.04. The highest BCUT2D eigenvalue weighted by Crippen LogP contribution is 2.24. The van der Waals surface area contributed by atoms with Crippen LogP contribution in [0.2, 0.25) is 0 Å². The Morgan fingerprint density at radius 2 is 1.96 bits per heavy atom. The normalized spacial score (nSPS) is 11.7. The Kier molecular flexibility index (Phi) is 7.36. The van der Waals surface area contributed by atoms with Crippen molar-refractivity contribution in [2.24, 2.45) is 4.99 Å². The summed E-state index contributed by atoms with van der Waals surface area (Å²) in [6.45, 7) is 0.0262. The Morgan fingerprint density at radius 1 is 1.18 bits per heavy atom. The highest BCUT2D eigenvalue weighted by Gasteiger charge is 2.12. The van der Waals surface area contributed by atoms with Gasteiger partial charge in [-0.15, -0.1) is 23.5 Å². The van der Waals surface area contributed by atoms with Crippen LogP contribution in [0.15, 0.2) is 58.4 Å². The molecule has 0 saturated heterocycles. The topological polar surface area (TPSA) is 60.7 Å². The molecule has 0 unspecified atom stereocenters. The van der Waals surface area contributed by atoms with Gasteiger partial charge < -0.3 is 9.30 Å². The van der Waals surface area contributed by atoms with Crippen LogP contribution in [0, 0.1) is 0 Å². The molecule has 0 fully saturated rings. The van der Waals surface area contributed by atoms with Crippen LogP contribution in [0.1, 0.15) is 5.56 Å². The third-order valence-corrected chi connectivity index (χ3v) is 6.72. The van der Waals surface area contributed by atoms with Gasteiger partial charge in [-0.25, -0.2) is 0 Å². The van der Waals surface area contributed by atoms with Crippen molar-refractivity contribution in [1.29, 1.82) is 0 Å². The number of hydrogen-bond donors (Lipinski definition) is 0. The summed E-state index contributed by atoms with van der Waals surface area (Å²) in [6.07, 6.45) is 2.01. The van der Waals surface area contributed by atoms with Gasteiger partial charge in [0.1, 0.15) is 6.54 Å². The molecule has 0 spiro atoms. The van der Waals surface area contributed by atoms with Crippen molar-refractivity contribution in [2.75, 3.05) is 19.1 Å². The van der Waals surface area contributed by atoms with Crippen molar-refractivity contribution < 1.29 is 14.3 Å². The summed E-state index contributed by atoms with van der Waals surface area (Å²) in [5.41, 5.74) is 2.05. The highest BCUT2D eigenvalue weighted by atomic mass is 32.2. The fourth-order valence-electron chi connectivity index (χ4n) is 2.58. The predicted octanol–water partition coefficient (Wildman–Crippen LogP) is 3.96. The van der Waals surface area contributed by atoms with Gasteiger partial charge in [0.2, 0.25) is 0 Å². The van der Waals surface area contributed by atoms with Crippen molar-refractivity contribution in [1.82, 2.24) is 4.57 Å². The first-order valence-electron chi connectivity index (χ1n) is 8.54. The van der Waals surface area contributed by atoms with Gasteiger partial charge >= 0.3 is 5.97 Å². The van der Waals surface area contributed by atoms with Crippen LogP contribution in [-0.2, 0) is 26.6 Å². The second-order valence-electron chi connectivity index (χ2n) is 5.86. The Bertz CT molecular complexity index is 1040. The van der Waals surface area contributed by atoms with Crippen LogP contribution in [-0.4, -0.2) is 35.6 Å². The zero-order chi connectivity index (χ0) is 19.9. The number of esters is 1. The van der Waals surface area contributed by atoms with E-state index in [1.807, 2.05) is 54.8 Å². The molecule has 0 aliphatic rings. The number of ether oxygens (including phenoxy) is 1. The maximum absolute atomic E-state index is 12.4.